The first-order valence-corrected chi connectivity index (χ1v) is 5.15. The lowest BCUT2D eigenvalue weighted by molar-refractivity contribution is 0.0697. The summed E-state index contributed by atoms with van der Waals surface area (Å²) in [6, 6.07) is 1.61. The molecule has 0 saturated carbocycles. The third kappa shape index (κ3) is 1.63. The highest BCUT2D eigenvalue weighted by Crippen LogP contribution is 2.25. The molecule has 15 heavy (non-hydrogen) atoms. The van der Waals surface area contributed by atoms with Crippen LogP contribution < -0.4 is 0 Å². The van der Waals surface area contributed by atoms with Gasteiger partial charge in [-0.05, 0) is 13.0 Å². The minimum Gasteiger partial charge on any atom is -0.478 e. The first-order valence-electron chi connectivity index (χ1n) is 4.28. The van der Waals surface area contributed by atoms with Crippen molar-refractivity contribution in [3.05, 3.63) is 22.8 Å². The van der Waals surface area contributed by atoms with Crippen molar-refractivity contribution >= 4 is 17.3 Å². The lowest BCUT2D eigenvalue weighted by Crippen LogP contribution is -1.94. The molecule has 6 heteroatoms. The average molecular weight is 223 g/mol. The van der Waals surface area contributed by atoms with Gasteiger partial charge in [-0.2, -0.15) is 0 Å². The zero-order valence-electron chi connectivity index (χ0n) is 8.26. The Hall–Kier alpha value is -1.69. The van der Waals surface area contributed by atoms with E-state index in [1.165, 1.54) is 11.3 Å². The molecule has 0 spiro atoms. The first-order chi connectivity index (χ1) is 7.09. The summed E-state index contributed by atoms with van der Waals surface area (Å²) in [4.78, 5) is 11.5. The zero-order valence-corrected chi connectivity index (χ0v) is 9.08. The van der Waals surface area contributed by atoms with E-state index in [-0.39, 0.29) is 5.56 Å². The van der Waals surface area contributed by atoms with E-state index < -0.39 is 5.97 Å². The number of hydrogen-bond acceptors (Lipinski definition) is 4. The molecule has 2 aromatic heterocycles. The molecule has 2 rings (SSSR count). The predicted octanol–water partition coefficient (Wildman–Crippen LogP) is 1.55. The van der Waals surface area contributed by atoms with Gasteiger partial charge in [0, 0.05) is 12.4 Å². The topological polar surface area (TPSA) is 68.0 Å². The van der Waals surface area contributed by atoms with Crippen molar-refractivity contribution in [3.8, 4) is 10.7 Å². The Morgan fingerprint density at radius 3 is 2.73 bits per heavy atom. The Balaban J connectivity index is 2.46. The smallest absolute Gasteiger partial charge is 0.336 e. The molecule has 0 aromatic carbocycles. The highest BCUT2D eigenvalue weighted by Gasteiger charge is 2.12. The van der Waals surface area contributed by atoms with Crippen LogP contribution in [0, 0.1) is 6.92 Å². The van der Waals surface area contributed by atoms with Crippen molar-refractivity contribution in [1.82, 2.24) is 14.8 Å². The molecule has 0 radical (unpaired) electrons. The van der Waals surface area contributed by atoms with E-state index in [1.807, 2.05) is 18.5 Å². The summed E-state index contributed by atoms with van der Waals surface area (Å²) in [7, 11) is 1.85. The average Bonchev–Trinajstić information content (AvgIpc) is 2.76. The molecular formula is C9H9N3O2S. The largest absolute Gasteiger partial charge is 0.478 e. The molecule has 1 N–H and O–H groups in total. The molecule has 78 valence electrons. The summed E-state index contributed by atoms with van der Waals surface area (Å²) in [5.74, 6) is 0.580. The first kappa shape index (κ1) is 9.85. The summed E-state index contributed by atoms with van der Waals surface area (Å²) in [5, 5.41) is 18.3. The van der Waals surface area contributed by atoms with E-state index in [0.717, 1.165) is 10.7 Å². The summed E-state index contributed by atoms with van der Waals surface area (Å²) in [6.07, 6.45) is 0. The molecule has 0 unspecified atom stereocenters. The van der Waals surface area contributed by atoms with Crippen LogP contribution in [0.3, 0.4) is 0 Å². The number of aromatic carboxylic acids is 1. The molecule has 2 heterocycles. The standard InChI is InChI=1S/C9H9N3O2S/c1-5-10-11-8(12(5)2)7-3-6(4-15-7)9(13)14/h3-4H,1-2H3,(H,13,14). The SMILES string of the molecule is Cc1nnc(-c2cc(C(=O)O)cs2)n1C. The Morgan fingerprint density at radius 1 is 1.53 bits per heavy atom. The maximum Gasteiger partial charge on any atom is 0.336 e. The number of carboxylic acids is 1. The van der Waals surface area contributed by atoms with Crippen LogP contribution in [0.5, 0.6) is 0 Å². The fourth-order valence-corrected chi connectivity index (χ4v) is 2.09. The zero-order chi connectivity index (χ0) is 11.0. The molecule has 0 fully saturated rings. The Bertz CT molecular complexity index is 515. The molecule has 2 aromatic rings. The number of aromatic nitrogens is 3. The third-order valence-electron chi connectivity index (χ3n) is 2.16. The molecule has 0 bridgehead atoms. The van der Waals surface area contributed by atoms with E-state index >= 15 is 0 Å². The van der Waals surface area contributed by atoms with E-state index in [4.69, 9.17) is 5.11 Å². The fraction of sp³-hybridized carbons (Fsp3) is 0.222. The monoisotopic (exact) mass is 223 g/mol. The molecule has 0 aliphatic rings. The van der Waals surface area contributed by atoms with E-state index in [2.05, 4.69) is 10.2 Å². The van der Waals surface area contributed by atoms with E-state index in [9.17, 15) is 4.79 Å². The molecule has 0 atom stereocenters. The number of hydrogen-bond donors (Lipinski definition) is 1. The highest BCUT2D eigenvalue weighted by molar-refractivity contribution is 7.13. The number of carbonyl (C=O) groups is 1. The van der Waals surface area contributed by atoms with Crippen LogP contribution in [0.1, 0.15) is 16.2 Å². The maximum absolute atomic E-state index is 10.7. The number of nitrogens with zero attached hydrogens (tertiary/aromatic N) is 3. The van der Waals surface area contributed by atoms with Crippen LogP contribution in [0.15, 0.2) is 11.4 Å². The summed E-state index contributed by atoms with van der Waals surface area (Å²) >= 11 is 1.35. The van der Waals surface area contributed by atoms with Crippen LogP contribution in [0.2, 0.25) is 0 Å². The lowest BCUT2D eigenvalue weighted by atomic mass is 10.3. The van der Waals surface area contributed by atoms with Gasteiger partial charge in [-0.15, -0.1) is 21.5 Å². The number of thiophene rings is 1. The van der Waals surface area contributed by atoms with Gasteiger partial charge in [-0.3, -0.25) is 0 Å². The predicted molar refractivity (Wildman–Crippen MR) is 56.0 cm³/mol. The van der Waals surface area contributed by atoms with Gasteiger partial charge < -0.3 is 9.67 Å². The van der Waals surface area contributed by atoms with Crippen LogP contribution >= 0.6 is 11.3 Å². The maximum atomic E-state index is 10.7. The van der Waals surface area contributed by atoms with E-state index in [1.54, 1.807) is 11.4 Å². The van der Waals surface area contributed by atoms with Gasteiger partial charge in [0.05, 0.1) is 10.4 Å². The summed E-state index contributed by atoms with van der Waals surface area (Å²) < 4.78 is 1.83. The second-order valence-corrected chi connectivity index (χ2v) is 4.05. The normalized spacial score (nSPS) is 10.5. The molecule has 0 saturated heterocycles. The quantitative estimate of drug-likeness (QED) is 0.838. The van der Waals surface area contributed by atoms with Crippen molar-refractivity contribution in [2.75, 3.05) is 0 Å². The molecular weight excluding hydrogens is 214 g/mol. The van der Waals surface area contributed by atoms with Crippen LogP contribution in [0.4, 0.5) is 0 Å². The second-order valence-electron chi connectivity index (χ2n) is 3.13. The minimum absolute atomic E-state index is 0.288. The van der Waals surface area contributed by atoms with Gasteiger partial charge in [0.2, 0.25) is 0 Å². The number of aryl methyl sites for hydroxylation is 1. The number of rotatable bonds is 2. The lowest BCUT2D eigenvalue weighted by Gasteiger charge is -1.96. The molecule has 0 aliphatic carbocycles. The van der Waals surface area contributed by atoms with Gasteiger partial charge in [0.25, 0.3) is 0 Å². The van der Waals surface area contributed by atoms with Crippen molar-refractivity contribution in [1.29, 1.82) is 0 Å². The molecule has 0 aliphatic heterocycles. The van der Waals surface area contributed by atoms with E-state index in [0.29, 0.717) is 5.82 Å². The van der Waals surface area contributed by atoms with Gasteiger partial charge in [0.15, 0.2) is 5.82 Å². The van der Waals surface area contributed by atoms with Crippen molar-refractivity contribution in [3.63, 3.8) is 0 Å². The van der Waals surface area contributed by atoms with Crippen molar-refractivity contribution in [2.24, 2.45) is 7.05 Å². The van der Waals surface area contributed by atoms with Crippen molar-refractivity contribution in [2.45, 2.75) is 6.92 Å². The summed E-state index contributed by atoms with van der Waals surface area (Å²) in [5.41, 5.74) is 0.288. The van der Waals surface area contributed by atoms with Crippen molar-refractivity contribution < 1.29 is 9.90 Å². The highest BCUT2D eigenvalue weighted by atomic mass is 32.1. The van der Waals surface area contributed by atoms with Gasteiger partial charge in [0.1, 0.15) is 5.82 Å². The van der Waals surface area contributed by atoms with Crippen LogP contribution in [-0.4, -0.2) is 25.8 Å². The van der Waals surface area contributed by atoms with Gasteiger partial charge >= 0.3 is 5.97 Å². The van der Waals surface area contributed by atoms with Gasteiger partial charge in [-0.1, -0.05) is 0 Å². The molecule has 0 amide bonds. The second kappa shape index (κ2) is 3.47. The Kier molecular flexibility index (Phi) is 2.28. The summed E-state index contributed by atoms with van der Waals surface area (Å²) in [6.45, 7) is 1.85. The number of carboxylic acid groups (broad SMARTS) is 1. The third-order valence-corrected chi connectivity index (χ3v) is 3.09. The van der Waals surface area contributed by atoms with Gasteiger partial charge in [-0.25, -0.2) is 4.79 Å². The Morgan fingerprint density at radius 2 is 2.27 bits per heavy atom. The minimum atomic E-state index is -0.920. The Labute approximate surface area is 90.0 Å². The fourth-order valence-electron chi connectivity index (χ4n) is 1.19. The van der Waals surface area contributed by atoms with Crippen LogP contribution in [-0.2, 0) is 7.05 Å². The van der Waals surface area contributed by atoms with Crippen LogP contribution in [0.25, 0.3) is 10.7 Å². The molecule has 5 nitrogen and oxygen atoms in total.